The van der Waals surface area contributed by atoms with Crippen molar-refractivity contribution in [3.63, 3.8) is 0 Å². The third-order valence-electron chi connectivity index (χ3n) is 4.24. The number of aromatic nitrogens is 1. The lowest BCUT2D eigenvalue weighted by Gasteiger charge is -2.34. The van der Waals surface area contributed by atoms with Crippen molar-refractivity contribution in [2.75, 3.05) is 26.7 Å². The van der Waals surface area contributed by atoms with E-state index in [1.54, 1.807) is 6.07 Å². The molecular weight excluding hydrogens is 253 g/mol. The van der Waals surface area contributed by atoms with Gasteiger partial charge in [0.2, 0.25) is 0 Å². The molecule has 0 saturated carbocycles. The predicted molar refractivity (Wildman–Crippen MR) is 80.0 cm³/mol. The summed E-state index contributed by atoms with van der Waals surface area (Å²) in [7, 11) is 1.95. The standard InChI is InChI=1S/C16H26FN3/c1-12-5-4-8-20(10-12)11-13(2)16(18-3)15-7-6-14(17)9-19-15/h6-7,9,12-13,16,18H,4-5,8,10-11H2,1-3H3. The lowest BCUT2D eigenvalue weighted by molar-refractivity contribution is 0.150. The van der Waals surface area contributed by atoms with Gasteiger partial charge in [0.05, 0.1) is 17.9 Å². The minimum atomic E-state index is -0.277. The number of nitrogens with one attached hydrogen (secondary N) is 1. The summed E-state index contributed by atoms with van der Waals surface area (Å²) in [5.74, 6) is 0.970. The molecule has 2 heterocycles. The highest BCUT2D eigenvalue weighted by Gasteiger charge is 2.23. The Labute approximate surface area is 121 Å². The zero-order valence-electron chi connectivity index (χ0n) is 12.8. The Hall–Kier alpha value is -1.00. The molecule has 0 aromatic carbocycles. The number of hydrogen-bond acceptors (Lipinski definition) is 3. The molecule has 1 aliphatic rings. The van der Waals surface area contributed by atoms with E-state index in [0.29, 0.717) is 5.92 Å². The number of pyridine rings is 1. The summed E-state index contributed by atoms with van der Waals surface area (Å²) >= 11 is 0. The van der Waals surface area contributed by atoms with Crippen molar-refractivity contribution in [3.05, 3.63) is 29.8 Å². The van der Waals surface area contributed by atoms with Crippen LogP contribution < -0.4 is 5.32 Å². The van der Waals surface area contributed by atoms with Crippen LogP contribution in [0.3, 0.4) is 0 Å². The van der Waals surface area contributed by atoms with Crippen LogP contribution in [0.2, 0.25) is 0 Å². The zero-order chi connectivity index (χ0) is 14.5. The van der Waals surface area contributed by atoms with Crippen molar-refractivity contribution in [2.45, 2.75) is 32.7 Å². The van der Waals surface area contributed by atoms with Gasteiger partial charge in [-0.25, -0.2) is 4.39 Å². The average molecular weight is 279 g/mol. The molecule has 1 saturated heterocycles. The maximum atomic E-state index is 13.0. The van der Waals surface area contributed by atoms with Crippen LogP contribution in [0.1, 0.15) is 38.4 Å². The summed E-state index contributed by atoms with van der Waals surface area (Å²) in [5, 5.41) is 3.33. The smallest absolute Gasteiger partial charge is 0.141 e. The molecule has 0 amide bonds. The second-order valence-corrected chi connectivity index (χ2v) is 6.15. The van der Waals surface area contributed by atoms with Gasteiger partial charge in [-0.3, -0.25) is 4.98 Å². The topological polar surface area (TPSA) is 28.2 Å². The van der Waals surface area contributed by atoms with Gasteiger partial charge in [-0.05, 0) is 50.4 Å². The molecule has 2 rings (SSSR count). The van der Waals surface area contributed by atoms with Crippen molar-refractivity contribution >= 4 is 0 Å². The van der Waals surface area contributed by atoms with Gasteiger partial charge in [0, 0.05) is 13.1 Å². The maximum Gasteiger partial charge on any atom is 0.141 e. The van der Waals surface area contributed by atoms with Crippen molar-refractivity contribution in [2.24, 2.45) is 11.8 Å². The highest BCUT2D eigenvalue weighted by atomic mass is 19.1. The molecule has 0 radical (unpaired) electrons. The molecular formula is C16H26FN3. The fourth-order valence-electron chi connectivity index (χ4n) is 3.26. The van der Waals surface area contributed by atoms with Gasteiger partial charge in [0.25, 0.3) is 0 Å². The Morgan fingerprint density at radius 1 is 1.50 bits per heavy atom. The largest absolute Gasteiger partial charge is 0.311 e. The second-order valence-electron chi connectivity index (χ2n) is 6.15. The molecule has 3 nitrogen and oxygen atoms in total. The quantitative estimate of drug-likeness (QED) is 0.898. The minimum Gasteiger partial charge on any atom is -0.311 e. The van der Waals surface area contributed by atoms with Gasteiger partial charge in [-0.15, -0.1) is 0 Å². The highest BCUT2D eigenvalue weighted by Crippen LogP contribution is 2.23. The Morgan fingerprint density at radius 2 is 2.30 bits per heavy atom. The summed E-state index contributed by atoms with van der Waals surface area (Å²) in [6.07, 6.45) is 3.95. The van der Waals surface area contributed by atoms with Crippen molar-refractivity contribution in [3.8, 4) is 0 Å². The molecule has 0 spiro atoms. The second kappa shape index (κ2) is 7.14. The van der Waals surface area contributed by atoms with E-state index < -0.39 is 0 Å². The number of likely N-dealkylation sites (tertiary alicyclic amines) is 1. The van der Waals surface area contributed by atoms with E-state index in [9.17, 15) is 4.39 Å². The Bertz CT molecular complexity index is 407. The van der Waals surface area contributed by atoms with Gasteiger partial charge < -0.3 is 10.2 Å². The van der Waals surface area contributed by atoms with E-state index in [0.717, 1.165) is 18.2 Å². The van der Waals surface area contributed by atoms with E-state index in [-0.39, 0.29) is 11.9 Å². The monoisotopic (exact) mass is 279 g/mol. The first-order valence-corrected chi connectivity index (χ1v) is 7.61. The predicted octanol–water partition coefficient (Wildman–Crippen LogP) is 2.85. The van der Waals surface area contributed by atoms with E-state index in [4.69, 9.17) is 0 Å². The summed E-state index contributed by atoms with van der Waals surface area (Å²) in [6.45, 7) is 8.02. The summed E-state index contributed by atoms with van der Waals surface area (Å²) in [4.78, 5) is 6.77. The molecule has 4 heteroatoms. The minimum absolute atomic E-state index is 0.174. The van der Waals surface area contributed by atoms with Gasteiger partial charge in [0.1, 0.15) is 5.82 Å². The normalized spacial score (nSPS) is 23.5. The van der Waals surface area contributed by atoms with Crippen LogP contribution in [-0.4, -0.2) is 36.6 Å². The fourth-order valence-corrected chi connectivity index (χ4v) is 3.26. The van der Waals surface area contributed by atoms with E-state index >= 15 is 0 Å². The summed E-state index contributed by atoms with van der Waals surface area (Å²) in [5.41, 5.74) is 0.923. The number of halogens is 1. The number of nitrogens with zero attached hydrogens (tertiary/aromatic N) is 2. The third kappa shape index (κ3) is 4.00. The van der Waals surface area contributed by atoms with Crippen LogP contribution in [0.5, 0.6) is 0 Å². The molecule has 3 atom stereocenters. The third-order valence-corrected chi connectivity index (χ3v) is 4.24. The molecule has 20 heavy (non-hydrogen) atoms. The molecule has 3 unspecified atom stereocenters. The Morgan fingerprint density at radius 3 is 2.90 bits per heavy atom. The van der Waals surface area contributed by atoms with E-state index in [2.05, 4.69) is 29.0 Å². The Balaban J connectivity index is 1.97. The van der Waals surface area contributed by atoms with Crippen molar-refractivity contribution < 1.29 is 4.39 Å². The zero-order valence-corrected chi connectivity index (χ0v) is 12.8. The molecule has 1 aliphatic heterocycles. The summed E-state index contributed by atoms with van der Waals surface area (Å²) < 4.78 is 13.0. The van der Waals surface area contributed by atoms with Gasteiger partial charge in [-0.2, -0.15) is 0 Å². The van der Waals surface area contributed by atoms with Gasteiger partial charge in [-0.1, -0.05) is 13.8 Å². The molecule has 1 aromatic rings. The molecule has 112 valence electrons. The highest BCUT2D eigenvalue weighted by molar-refractivity contribution is 5.11. The molecule has 1 N–H and O–H groups in total. The van der Waals surface area contributed by atoms with Crippen LogP contribution in [-0.2, 0) is 0 Å². The Kier molecular flexibility index (Phi) is 5.49. The first-order valence-electron chi connectivity index (χ1n) is 7.61. The molecule has 0 aliphatic carbocycles. The molecule has 0 bridgehead atoms. The van der Waals surface area contributed by atoms with E-state index in [1.165, 1.54) is 38.2 Å². The fraction of sp³-hybridized carbons (Fsp3) is 0.688. The lowest BCUT2D eigenvalue weighted by atomic mass is 9.95. The van der Waals surface area contributed by atoms with Crippen molar-refractivity contribution in [1.82, 2.24) is 15.2 Å². The molecule has 1 aromatic heterocycles. The number of rotatable bonds is 5. The number of piperidine rings is 1. The maximum absolute atomic E-state index is 13.0. The van der Waals surface area contributed by atoms with E-state index in [1.807, 2.05) is 7.05 Å². The van der Waals surface area contributed by atoms with Gasteiger partial charge in [0.15, 0.2) is 0 Å². The van der Waals surface area contributed by atoms with Crippen LogP contribution in [0.15, 0.2) is 18.3 Å². The summed E-state index contributed by atoms with van der Waals surface area (Å²) in [6, 6.07) is 3.45. The van der Waals surface area contributed by atoms with Crippen LogP contribution in [0.4, 0.5) is 4.39 Å². The number of hydrogen-bond donors (Lipinski definition) is 1. The molecule has 1 fully saturated rings. The van der Waals surface area contributed by atoms with Crippen LogP contribution in [0, 0.1) is 17.7 Å². The van der Waals surface area contributed by atoms with Crippen LogP contribution >= 0.6 is 0 Å². The van der Waals surface area contributed by atoms with Gasteiger partial charge >= 0.3 is 0 Å². The first kappa shape index (κ1) is 15.4. The SMILES string of the molecule is CNC(c1ccc(F)cn1)C(C)CN1CCCC(C)C1. The van der Waals surface area contributed by atoms with Crippen molar-refractivity contribution in [1.29, 1.82) is 0 Å². The van der Waals surface area contributed by atoms with Crippen LogP contribution in [0.25, 0.3) is 0 Å². The first-order chi connectivity index (χ1) is 9.60. The average Bonchev–Trinajstić information content (AvgIpc) is 2.42. The lowest BCUT2D eigenvalue weighted by Crippen LogP contribution is -2.40.